The largest absolute Gasteiger partial charge is 0.352 e. The van der Waals surface area contributed by atoms with Gasteiger partial charge in [0, 0.05) is 19.0 Å². The topological polar surface area (TPSA) is 84.2 Å². The fourth-order valence-corrected chi connectivity index (χ4v) is 1.36. The summed E-state index contributed by atoms with van der Waals surface area (Å²) in [6.45, 7) is 4.64. The molecule has 0 fully saturated rings. The quantitative estimate of drug-likeness (QED) is 0.730. The molecule has 0 aliphatic carbocycles. The van der Waals surface area contributed by atoms with Crippen LogP contribution in [0.4, 0.5) is 4.79 Å². The summed E-state index contributed by atoms with van der Waals surface area (Å²) in [4.78, 5) is 21.9. The summed E-state index contributed by atoms with van der Waals surface area (Å²) in [6, 6.07) is 7.08. The van der Waals surface area contributed by atoms with Gasteiger partial charge in [0.25, 0.3) is 0 Å². The van der Waals surface area contributed by atoms with E-state index in [1.54, 1.807) is 0 Å². The van der Waals surface area contributed by atoms with Gasteiger partial charge in [0.1, 0.15) is 0 Å². The van der Waals surface area contributed by atoms with Gasteiger partial charge in [-0.15, -0.1) is 0 Å². The van der Waals surface area contributed by atoms with Crippen molar-refractivity contribution in [2.24, 2.45) is 11.7 Å². The number of amides is 3. The van der Waals surface area contributed by atoms with Crippen molar-refractivity contribution in [2.75, 3.05) is 0 Å². The summed E-state index contributed by atoms with van der Waals surface area (Å²) in [5.41, 5.74) is 6.97. The van der Waals surface area contributed by atoms with Gasteiger partial charge in [-0.1, -0.05) is 38.1 Å². The fraction of sp³-hybridized carbons (Fsp3) is 0.385. The molecule has 0 aliphatic rings. The Morgan fingerprint density at radius 2 is 1.50 bits per heavy atom. The minimum absolute atomic E-state index is 0.0101. The molecule has 5 nitrogen and oxygen atoms in total. The smallest absolute Gasteiger partial charge is 0.312 e. The Balaban J connectivity index is 2.45. The molecule has 18 heavy (non-hydrogen) atoms. The average Bonchev–Trinajstić information content (AvgIpc) is 2.34. The van der Waals surface area contributed by atoms with E-state index < -0.39 is 6.03 Å². The van der Waals surface area contributed by atoms with Crippen LogP contribution < -0.4 is 16.4 Å². The Hall–Kier alpha value is -2.04. The van der Waals surface area contributed by atoms with Crippen LogP contribution in [-0.4, -0.2) is 11.9 Å². The third-order valence-corrected chi connectivity index (χ3v) is 2.48. The number of carbonyl (C=O) groups excluding carboxylic acids is 2. The molecule has 0 saturated carbocycles. The zero-order valence-corrected chi connectivity index (χ0v) is 10.7. The maximum absolute atomic E-state index is 11.4. The second-order valence-corrected chi connectivity index (χ2v) is 4.41. The predicted molar refractivity (Wildman–Crippen MR) is 69.5 cm³/mol. The SMILES string of the molecule is CC(C)C(=O)NCc1ccc(CNC(N)=O)cc1. The summed E-state index contributed by atoms with van der Waals surface area (Å²) in [7, 11) is 0. The van der Waals surface area contributed by atoms with Gasteiger partial charge in [-0.05, 0) is 11.1 Å². The zero-order chi connectivity index (χ0) is 13.5. The number of hydrogen-bond acceptors (Lipinski definition) is 2. The van der Waals surface area contributed by atoms with Crippen molar-refractivity contribution < 1.29 is 9.59 Å². The number of carbonyl (C=O) groups is 2. The van der Waals surface area contributed by atoms with E-state index in [0.717, 1.165) is 11.1 Å². The Bertz CT molecular complexity index is 413. The highest BCUT2D eigenvalue weighted by molar-refractivity contribution is 5.77. The van der Waals surface area contributed by atoms with Gasteiger partial charge in [0.2, 0.25) is 5.91 Å². The van der Waals surface area contributed by atoms with Crippen LogP contribution in [0.2, 0.25) is 0 Å². The zero-order valence-electron chi connectivity index (χ0n) is 10.7. The minimum Gasteiger partial charge on any atom is -0.352 e. The lowest BCUT2D eigenvalue weighted by atomic mass is 10.1. The average molecular weight is 249 g/mol. The highest BCUT2D eigenvalue weighted by Crippen LogP contribution is 2.04. The predicted octanol–water partition coefficient (Wildman–Crippen LogP) is 1.13. The van der Waals surface area contributed by atoms with Gasteiger partial charge >= 0.3 is 6.03 Å². The third kappa shape index (κ3) is 4.86. The molecular weight excluding hydrogens is 230 g/mol. The Morgan fingerprint density at radius 1 is 1.06 bits per heavy atom. The van der Waals surface area contributed by atoms with E-state index in [0.29, 0.717) is 13.1 Å². The number of nitrogens with one attached hydrogen (secondary N) is 2. The molecule has 4 N–H and O–H groups in total. The van der Waals surface area contributed by atoms with Crippen molar-refractivity contribution in [3.8, 4) is 0 Å². The number of urea groups is 1. The lowest BCUT2D eigenvalue weighted by Crippen LogP contribution is -2.28. The van der Waals surface area contributed by atoms with Crippen LogP contribution >= 0.6 is 0 Å². The molecule has 0 saturated heterocycles. The molecule has 1 aromatic carbocycles. The van der Waals surface area contributed by atoms with E-state index in [2.05, 4.69) is 10.6 Å². The van der Waals surface area contributed by atoms with E-state index in [4.69, 9.17) is 5.73 Å². The van der Waals surface area contributed by atoms with Gasteiger partial charge in [0.05, 0.1) is 0 Å². The van der Waals surface area contributed by atoms with E-state index >= 15 is 0 Å². The van der Waals surface area contributed by atoms with E-state index in [9.17, 15) is 9.59 Å². The Labute approximate surface area is 107 Å². The fourth-order valence-electron chi connectivity index (χ4n) is 1.36. The summed E-state index contributed by atoms with van der Waals surface area (Å²) in [5, 5.41) is 5.35. The van der Waals surface area contributed by atoms with Crippen molar-refractivity contribution >= 4 is 11.9 Å². The number of nitrogens with two attached hydrogens (primary N) is 1. The van der Waals surface area contributed by atoms with Crippen LogP contribution in [-0.2, 0) is 17.9 Å². The minimum atomic E-state index is -0.539. The van der Waals surface area contributed by atoms with Crippen LogP contribution in [0.15, 0.2) is 24.3 Å². The Kier molecular flexibility index (Phi) is 5.17. The molecule has 0 unspecified atom stereocenters. The second-order valence-electron chi connectivity index (χ2n) is 4.41. The molecule has 5 heteroatoms. The van der Waals surface area contributed by atoms with Gasteiger partial charge in [-0.25, -0.2) is 4.79 Å². The van der Waals surface area contributed by atoms with Crippen LogP contribution in [0.5, 0.6) is 0 Å². The van der Waals surface area contributed by atoms with E-state index in [1.807, 2.05) is 38.1 Å². The summed E-state index contributed by atoms with van der Waals surface area (Å²) < 4.78 is 0. The van der Waals surface area contributed by atoms with Crippen molar-refractivity contribution in [3.05, 3.63) is 35.4 Å². The van der Waals surface area contributed by atoms with Crippen molar-refractivity contribution in [1.29, 1.82) is 0 Å². The van der Waals surface area contributed by atoms with Crippen LogP contribution in [0.25, 0.3) is 0 Å². The number of hydrogen-bond donors (Lipinski definition) is 3. The van der Waals surface area contributed by atoms with Crippen LogP contribution in [0, 0.1) is 5.92 Å². The van der Waals surface area contributed by atoms with Gasteiger partial charge < -0.3 is 16.4 Å². The normalized spacial score (nSPS) is 10.2. The van der Waals surface area contributed by atoms with Crippen LogP contribution in [0.3, 0.4) is 0 Å². The molecule has 0 aromatic heterocycles. The maximum atomic E-state index is 11.4. The van der Waals surface area contributed by atoms with Crippen LogP contribution in [0.1, 0.15) is 25.0 Å². The summed E-state index contributed by atoms with van der Waals surface area (Å²) >= 11 is 0. The molecule has 0 aliphatic heterocycles. The highest BCUT2D eigenvalue weighted by Gasteiger charge is 2.05. The van der Waals surface area contributed by atoms with Gasteiger partial charge in [-0.3, -0.25) is 4.79 Å². The second kappa shape index (κ2) is 6.64. The number of rotatable bonds is 5. The first-order valence-corrected chi connectivity index (χ1v) is 5.88. The third-order valence-electron chi connectivity index (χ3n) is 2.48. The molecule has 0 atom stereocenters. The first-order chi connectivity index (χ1) is 8.49. The molecule has 3 amide bonds. The molecular formula is C13H19N3O2. The monoisotopic (exact) mass is 249 g/mol. The standard InChI is InChI=1S/C13H19N3O2/c1-9(2)12(17)15-7-10-3-5-11(6-4-10)8-16-13(14)18/h3-6,9H,7-8H2,1-2H3,(H,15,17)(H3,14,16,18). The lowest BCUT2D eigenvalue weighted by Gasteiger charge is -2.08. The number of primary amides is 1. The van der Waals surface area contributed by atoms with Gasteiger partial charge in [-0.2, -0.15) is 0 Å². The summed E-state index contributed by atoms with van der Waals surface area (Å²) in [6.07, 6.45) is 0. The van der Waals surface area contributed by atoms with Crippen molar-refractivity contribution in [1.82, 2.24) is 10.6 Å². The molecule has 1 aromatic rings. The molecule has 0 spiro atoms. The Morgan fingerprint density at radius 3 is 1.89 bits per heavy atom. The molecule has 0 bridgehead atoms. The first-order valence-electron chi connectivity index (χ1n) is 5.88. The van der Waals surface area contributed by atoms with E-state index in [1.165, 1.54) is 0 Å². The lowest BCUT2D eigenvalue weighted by molar-refractivity contribution is -0.124. The first kappa shape index (κ1) is 14.0. The highest BCUT2D eigenvalue weighted by atomic mass is 16.2. The molecule has 0 radical (unpaired) electrons. The maximum Gasteiger partial charge on any atom is 0.312 e. The summed E-state index contributed by atoms with van der Waals surface area (Å²) in [5.74, 6) is 0.0264. The molecule has 0 heterocycles. The van der Waals surface area contributed by atoms with Gasteiger partial charge in [0.15, 0.2) is 0 Å². The van der Waals surface area contributed by atoms with Crippen molar-refractivity contribution in [2.45, 2.75) is 26.9 Å². The van der Waals surface area contributed by atoms with Crippen molar-refractivity contribution in [3.63, 3.8) is 0 Å². The number of benzene rings is 1. The molecule has 1 rings (SSSR count). The molecule has 98 valence electrons. The van der Waals surface area contributed by atoms with E-state index in [-0.39, 0.29) is 11.8 Å².